The van der Waals surface area contributed by atoms with Crippen molar-refractivity contribution in [1.82, 2.24) is 14.6 Å². The third-order valence-corrected chi connectivity index (χ3v) is 4.17. The first-order valence-electron chi connectivity index (χ1n) is 5.60. The van der Waals surface area contributed by atoms with Crippen LogP contribution in [0.2, 0.25) is 5.15 Å². The van der Waals surface area contributed by atoms with E-state index in [1.54, 1.807) is 0 Å². The van der Waals surface area contributed by atoms with Crippen molar-refractivity contribution in [3.05, 3.63) is 23.5 Å². The van der Waals surface area contributed by atoms with Crippen molar-refractivity contribution < 1.29 is 8.42 Å². The zero-order valence-electron chi connectivity index (χ0n) is 10.7. The van der Waals surface area contributed by atoms with Gasteiger partial charge in [-0.1, -0.05) is 11.6 Å². The van der Waals surface area contributed by atoms with E-state index in [2.05, 4.69) is 9.71 Å². The highest BCUT2D eigenvalue weighted by Gasteiger charge is 2.17. The molecule has 102 valence electrons. The molecule has 5 nitrogen and oxygen atoms in total. The molecule has 0 aliphatic heterocycles. The molecule has 18 heavy (non-hydrogen) atoms. The Kier molecular flexibility index (Phi) is 5.52. The van der Waals surface area contributed by atoms with Crippen LogP contribution in [0.1, 0.15) is 13.3 Å². The van der Waals surface area contributed by atoms with Gasteiger partial charge in [-0.25, -0.2) is 18.1 Å². The first-order valence-corrected chi connectivity index (χ1v) is 7.46. The summed E-state index contributed by atoms with van der Waals surface area (Å²) in [7, 11) is 0.384. The lowest BCUT2D eigenvalue weighted by atomic mass is 10.2. The van der Waals surface area contributed by atoms with Crippen molar-refractivity contribution in [2.24, 2.45) is 0 Å². The van der Waals surface area contributed by atoms with Gasteiger partial charge in [0.25, 0.3) is 0 Å². The minimum atomic E-state index is -3.51. The number of hydrogen-bond donors (Lipinski definition) is 1. The Balaban J connectivity index is 2.67. The fourth-order valence-electron chi connectivity index (χ4n) is 1.36. The Labute approximate surface area is 113 Å². The SMILES string of the molecule is CC(CCN(C)C)NS(=O)(=O)c1ccc(Cl)nc1. The normalized spacial score (nSPS) is 13.8. The molecule has 0 saturated heterocycles. The zero-order chi connectivity index (χ0) is 13.8. The number of pyridine rings is 1. The van der Waals surface area contributed by atoms with Crippen LogP contribution in [0.3, 0.4) is 0 Å². The van der Waals surface area contributed by atoms with E-state index in [-0.39, 0.29) is 16.1 Å². The summed E-state index contributed by atoms with van der Waals surface area (Å²) >= 11 is 5.62. The highest BCUT2D eigenvalue weighted by atomic mass is 35.5. The van der Waals surface area contributed by atoms with Crippen molar-refractivity contribution in [2.75, 3.05) is 20.6 Å². The van der Waals surface area contributed by atoms with Gasteiger partial charge in [-0.2, -0.15) is 0 Å². The predicted molar refractivity (Wildman–Crippen MR) is 72.2 cm³/mol. The molecule has 7 heteroatoms. The second kappa shape index (κ2) is 6.47. The van der Waals surface area contributed by atoms with Crippen LogP contribution in [0, 0.1) is 0 Å². The third kappa shape index (κ3) is 4.89. The van der Waals surface area contributed by atoms with Gasteiger partial charge in [-0.15, -0.1) is 0 Å². The smallest absolute Gasteiger partial charge is 0.242 e. The molecule has 0 spiro atoms. The van der Waals surface area contributed by atoms with Crippen molar-refractivity contribution in [2.45, 2.75) is 24.3 Å². The number of halogens is 1. The molecule has 1 aromatic rings. The Bertz CT molecular complexity index is 474. The summed E-state index contributed by atoms with van der Waals surface area (Å²) in [4.78, 5) is 5.90. The quantitative estimate of drug-likeness (QED) is 0.804. The molecule has 1 atom stereocenters. The first-order chi connectivity index (χ1) is 8.31. The van der Waals surface area contributed by atoms with Gasteiger partial charge in [0, 0.05) is 12.2 Å². The van der Waals surface area contributed by atoms with Gasteiger partial charge >= 0.3 is 0 Å². The molecule has 1 unspecified atom stereocenters. The molecule has 0 aliphatic carbocycles. The summed E-state index contributed by atoms with van der Waals surface area (Å²) in [5.74, 6) is 0. The molecule has 1 N–H and O–H groups in total. The third-order valence-electron chi connectivity index (χ3n) is 2.38. The Morgan fingerprint density at radius 2 is 2.11 bits per heavy atom. The lowest BCUT2D eigenvalue weighted by molar-refractivity contribution is 0.379. The van der Waals surface area contributed by atoms with E-state index in [4.69, 9.17) is 11.6 Å². The molecule has 1 heterocycles. The molecule has 0 saturated carbocycles. The molecule has 0 aliphatic rings. The van der Waals surface area contributed by atoms with Gasteiger partial charge in [0.1, 0.15) is 10.0 Å². The minimum absolute atomic E-state index is 0.128. The number of nitrogens with one attached hydrogen (secondary N) is 1. The number of aromatic nitrogens is 1. The Morgan fingerprint density at radius 3 is 2.61 bits per heavy atom. The fraction of sp³-hybridized carbons (Fsp3) is 0.545. The molecule has 1 rings (SSSR count). The number of nitrogens with zero attached hydrogens (tertiary/aromatic N) is 2. The van der Waals surface area contributed by atoms with Crippen molar-refractivity contribution in [3.63, 3.8) is 0 Å². The highest BCUT2D eigenvalue weighted by Crippen LogP contribution is 2.11. The van der Waals surface area contributed by atoms with Crippen molar-refractivity contribution in [3.8, 4) is 0 Å². The number of sulfonamides is 1. The van der Waals surface area contributed by atoms with Crippen LogP contribution >= 0.6 is 11.6 Å². The zero-order valence-corrected chi connectivity index (χ0v) is 12.3. The van der Waals surface area contributed by atoms with E-state index in [9.17, 15) is 8.42 Å². The van der Waals surface area contributed by atoms with Crippen LogP contribution in [0.4, 0.5) is 0 Å². The first kappa shape index (κ1) is 15.4. The molecule has 0 radical (unpaired) electrons. The van der Waals surface area contributed by atoms with E-state index in [1.165, 1.54) is 18.3 Å². The maximum atomic E-state index is 12.0. The van der Waals surface area contributed by atoms with Gasteiger partial charge in [0.05, 0.1) is 0 Å². The van der Waals surface area contributed by atoms with E-state index >= 15 is 0 Å². The summed E-state index contributed by atoms with van der Waals surface area (Å²) in [6, 6.07) is 2.77. The molecule has 0 aromatic carbocycles. The molecular weight excluding hydrogens is 274 g/mol. The van der Waals surface area contributed by atoms with Crippen LogP contribution in [-0.2, 0) is 10.0 Å². The summed E-state index contributed by atoms with van der Waals surface area (Å²) in [6.07, 6.45) is 2.00. The monoisotopic (exact) mass is 291 g/mol. The second-order valence-electron chi connectivity index (χ2n) is 4.43. The highest BCUT2D eigenvalue weighted by molar-refractivity contribution is 7.89. The molecule has 0 fully saturated rings. The Morgan fingerprint density at radius 1 is 1.44 bits per heavy atom. The average molecular weight is 292 g/mol. The average Bonchev–Trinajstić information content (AvgIpc) is 2.26. The van der Waals surface area contributed by atoms with E-state index in [1.807, 2.05) is 25.9 Å². The van der Waals surface area contributed by atoms with Gasteiger partial charge in [-0.05, 0) is 46.1 Å². The van der Waals surface area contributed by atoms with Crippen LogP contribution < -0.4 is 4.72 Å². The lowest BCUT2D eigenvalue weighted by Crippen LogP contribution is -2.34. The van der Waals surface area contributed by atoms with E-state index < -0.39 is 10.0 Å². The van der Waals surface area contributed by atoms with E-state index in [0.29, 0.717) is 0 Å². The van der Waals surface area contributed by atoms with Gasteiger partial charge in [0.2, 0.25) is 10.0 Å². The van der Waals surface area contributed by atoms with Gasteiger partial charge < -0.3 is 4.90 Å². The molecule has 1 aromatic heterocycles. The van der Waals surface area contributed by atoms with Gasteiger partial charge in [0.15, 0.2) is 0 Å². The standard InChI is InChI=1S/C11H18ClN3O2S/c1-9(6-7-15(2)3)14-18(16,17)10-4-5-11(12)13-8-10/h4-5,8-9,14H,6-7H2,1-3H3. The summed E-state index contributed by atoms with van der Waals surface area (Å²) < 4.78 is 26.6. The minimum Gasteiger partial charge on any atom is -0.309 e. The molecule has 0 bridgehead atoms. The van der Waals surface area contributed by atoms with Crippen LogP contribution in [0.15, 0.2) is 23.2 Å². The number of rotatable bonds is 6. The summed E-state index contributed by atoms with van der Waals surface area (Å²) in [5.41, 5.74) is 0. The summed E-state index contributed by atoms with van der Waals surface area (Å²) in [5, 5.41) is 0.273. The topological polar surface area (TPSA) is 62.3 Å². The predicted octanol–water partition coefficient (Wildman–Crippen LogP) is 1.35. The van der Waals surface area contributed by atoms with Crippen LogP contribution in [-0.4, -0.2) is 45.0 Å². The summed E-state index contributed by atoms with van der Waals surface area (Å²) in [6.45, 7) is 2.66. The van der Waals surface area contributed by atoms with Gasteiger partial charge in [-0.3, -0.25) is 0 Å². The number of hydrogen-bond acceptors (Lipinski definition) is 4. The van der Waals surface area contributed by atoms with Crippen molar-refractivity contribution >= 4 is 21.6 Å². The lowest BCUT2D eigenvalue weighted by Gasteiger charge is -2.16. The maximum Gasteiger partial charge on any atom is 0.242 e. The largest absolute Gasteiger partial charge is 0.309 e. The van der Waals surface area contributed by atoms with E-state index in [0.717, 1.165) is 13.0 Å². The maximum absolute atomic E-state index is 12.0. The molecular formula is C11H18ClN3O2S. The van der Waals surface area contributed by atoms with Crippen molar-refractivity contribution in [1.29, 1.82) is 0 Å². The van der Waals surface area contributed by atoms with Crippen LogP contribution in [0.5, 0.6) is 0 Å². The molecule has 0 amide bonds. The fourth-order valence-corrected chi connectivity index (χ4v) is 2.70. The second-order valence-corrected chi connectivity index (χ2v) is 6.53. The Hall–Kier alpha value is -0.690. The van der Waals surface area contributed by atoms with Crippen LogP contribution in [0.25, 0.3) is 0 Å².